The van der Waals surface area contributed by atoms with Crippen LogP contribution in [0, 0.1) is 0 Å². The predicted octanol–water partition coefficient (Wildman–Crippen LogP) is 0.689. The molecule has 2 unspecified atom stereocenters. The Morgan fingerprint density at radius 1 is 1.30 bits per heavy atom. The van der Waals surface area contributed by atoms with Gasteiger partial charge in [-0.1, -0.05) is 6.42 Å². The molecule has 1 saturated carbocycles. The normalized spacial score (nSPS) is 30.6. The number of rotatable bonds is 1. The van der Waals surface area contributed by atoms with E-state index in [0.29, 0.717) is 0 Å². The lowest BCUT2D eigenvalue weighted by Gasteiger charge is -2.10. The summed E-state index contributed by atoms with van der Waals surface area (Å²) in [5.74, 6) is 0. The predicted molar refractivity (Wildman–Crippen MR) is 45.0 cm³/mol. The van der Waals surface area contributed by atoms with E-state index in [9.17, 15) is 0 Å². The zero-order valence-corrected chi connectivity index (χ0v) is 7.25. The first-order valence-corrected chi connectivity index (χ1v) is 3.00. The lowest BCUT2D eigenvalue weighted by atomic mass is 10.2. The molecule has 3 nitrogen and oxygen atoms in total. The van der Waals surface area contributed by atoms with Crippen LogP contribution in [0.25, 0.3) is 0 Å². The summed E-state index contributed by atoms with van der Waals surface area (Å²) >= 11 is 0. The second-order valence-corrected chi connectivity index (χ2v) is 2.33. The summed E-state index contributed by atoms with van der Waals surface area (Å²) in [7, 11) is 0. The minimum Gasteiger partial charge on any atom is -0.326 e. The summed E-state index contributed by atoms with van der Waals surface area (Å²) in [6.45, 7) is 0. The van der Waals surface area contributed by atoms with Crippen LogP contribution in [0.2, 0.25) is 0 Å². The Morgan fingerprint density at radius 3 is 2.10 bits per heavy atom. The number of nitrogens with two attached hydrogens (primary N) is 1. The van der Waals surface area contributed by atoms with Gasteiger partial charge in [0.1, 0.15) is 0 Å². The van der Waals surface area contributed by atoms with Crippen LogP contribution in [0.1, 0.15) is 19.3 Å². The summed E-state index contributed by atoms with van der Waals surface area (Å²) in [5.41, 5.74) is 7.76. The Morgan fingerprint density at radius 2 is 1.90 bits per heavy atom. The number of hydrogen-bond acceptors (Lipinski definition) is 3. The molecule has 0 aromatic carbocycles. The van der Waals surface area contributed by atoms with Crippen molar-refractivity contribution in [2.45, 2.75) is 31.3 Å². The highest BCUT2D eigenvalue weighted by molar-refractivity contribution is 5.85. The van der Waals surface area contributed by atoms with Crippen molar-refractivity contribution in [3.8, 4) is 0 Å². The Kier molecular flexibility index (Phi) is 8.09. The van der Waals surface area contributed by atoms with Crippen molar-refractivity contribution >= 4 is 24.8 Å². The molecule has 0 heterocycles. The minimum atomic E-state index is 0. The maximum absolute atomic E-state index is 8.41. The molecule has 0 bridgehead atoms. The number of nitrogens with one attached hydrogen (secondary N) is 1. The second kappa shape index (κ2) is 6.19. The van der Waals surface area contributed by atoms with Gasteiger partial charge in [0.15, 0.2) is 0 Å². The lowest BCUT2D eigenvalue weighted by Crippen LogP contribution is -2.38. The fraction of sp³-hybridized carbons (Fsp3) is 1.00. The maximum atomic E-state index is 8.41. The van der Waals surface area contributed by atoms with E-state index < -0.39 is 0 Å². The monoisotopic (exact) mass is 188 g/mol. The Balaban J connectivity index is 0. The van der Waals surface area contributed by atoms with Crippen molar-refractivity contribution in [2.75, 3.05) is 0 Å². The molecule has 0 radical (unpaired) electrons. The maximum Gasteiger partial charge on any atom is 0.0470 e. The summed E-state index contributed by atoms with van der Waals surface area (Å²) in [6.07, 6.45) is 3.19. The average Bonchev–Trinajstić information content (AvgIpc) is 2.14. The molecule has 1 aliphatic rings. The van der Waals surface area contributed by atoms with Crippen molar-refractivity contribution in [1.82, 2.24) is 5.48 Å². The molecule has 1 fully saturated rings. The molecule has 0 aromatic rings. The largest absolute Gasteiger partial charge is 0.326 e. The van der Waals surface area contributed by atoms with Crippen molar-refractivity contribution in [1.29, 1.82) is 0 Å². The van der Waals surface area contributed by atoms with Gasteiger partial charge in [0.25, 0.3) is 0 Å². The van der Waals surface area contributed by atoms with E-state index in [1.54, 1.807) is 0 Å². The fourth-order valence-electron chi connectivity index (χ4n) is 1.15. The molecule has 10 heavy (non-hydrogen) atoms. The molecular weight excluding hydrogens is 175 g/mol. The van der Waals surface area contributed by atoms with Gasteiger partial charge in [0.05, 0.1) is 0 Å². The molecule has 0 saturated heterocycles. The third-order valence-electron chi connectivity index (χ3n) is 1.74. The van der Waals surface area contributed by atoms with Crippen molar-refractivity contribution < 1.29 is 5.21 Å². The van der Waals surface area contributed by atoms with Crippen LogP contribution in [0.15, 0.2) is 0 Å². The average molecular weight is 189 g/mol. The number of hydroxylamine groups is 1. The smallest absolute Gasteiger partial charge is 0.0470 e. The Hall–Kier alpha value is 0.460. The van der Waals surface area contributed by atoms with Crippen LogP contribution in [0.5, 0.6) is 0 Å². The molecule has 0 aliphatic heterocycles. The van der Waals surface area contributed by atoms with Gasteiger partial charge in [-0.25, -0.2) is 5.48 Å². The van der Waals surface area contributed by atoms with Crippen LogP contribution in [0.4, 0.5) is 0 Å². The van der Waals surface area contributed by atoms with Crippen LogP contribution >= 0.6 is 24.8 Å². The molecular formula is C5H14Cl2N2O. The first-order valence-electron chi connectivity index (χ1n) is 3.00. The molecule has 0 aromatic heterocycles. The Labute approximate surface area is 73.1 Å². The van der Waals surface area contributed by atoms with E-state index in [1.165, 1.54) is 0 Å². The third kappa shape index (κ3) is 3.03. The first-order chi connectivity index (χ1) is 3.84. The minimum absolute atomic E-state index is 0. The van der Waals surface area contributed by atoms with Gasteiger partial charge < -0.3 is 10.9 Å². The zero-order valence-electron chi connectivity index (χ0n) is 5.62. The van der Waals surface area contributed by atoms with Crippen molar-refractivity contribution in [2.24, 2.45) is 5.73 Å². The van der Waals surface area contributed by atoms with E-state index >= 15 is 0 Å². The van der Waals surface area contributed by atoms with Gasteiger partial charge >= 0.3 is 0 Å². The standard InChI is InChI=1S/C5H12N2O.2ClH/c6-4-2-1-3-5(4)7-8;;/h4-5,7-8H,1-3,6H2;2*1H. The molecule has 4 N–H and O–H groups in total. The van der Waals surface area contributed by atoms with Crippen molar-refractivity contribution in [3.05, 3.63) is 0 Å². The number of hydrogen-bond donors (Lipinski definition) is 3. The van der Waals surface area contributed by atoms with Gasteiger partial charge in [-0.15, -0.1) is 24.8 Å². The topological polar surface area (TPSA) is 58.3 Å². The molecule has 5 heteroatoms. The Bertz CT molecular complexity index is 84.0. The highest BCUT2D eigenvalue weighted by atomic mass is 35.5. The van der Waals surface area contributed by atoms with Gasteiger partial charge in [-0.2, -0.15) is 0 Å². The first kappa shape index (κ1) is 13.1. The van der Waals surface area contributed by atoms with Crippen molar-refractivity contribution in [3.63, 3.8) is 0 Å². The summed E-state index contributed by atoms with van der Waals surface area (Å²) < 4.78 is 0. The van der Waals surface area contributed by atoms with Crippen LogP contribution in [-0.4, -0.2) is 17.3 Å². The fourth-order valence-corrected chi connectivity index (χ4v) is 1.15. The quantitative estimate of drug-likeness (QED) is 0.532. The molecule has 2 atom stereocenters. The van der Waals surface area contributed by atoms with E-state index in [4.69, 9.17) is 10.9 Å². The van der Waals surface area contributed by atoms with Crippen LogP contribution < -0.4 is 11.2 Å². The van der Waals surface area contributed by atoms with Crippen LogP contribution in [0.3, 0.4) is 0 Å². The van der Waals surface area contributed by atoms with Gasteiger partial charge in [0.2, 0.25) is 0 Å². The van der Waals surface area contributed by atoms with Crippen LogP contribution in [-0.2, 0) is 0 Å². The van der Waals surface area contributed by atoms with Gasteiger partial charge in [-0.3, -0.25) is 0 Å². The van der Waals surface area contributed by atoms with E-state index in [0.717, 1.165) is 19.3 Å². The summed E-state index contributed by atoms with van der Waals surface area (Å²) in [6, 6.07) is 0.315. The highest BCUT2D eigenvalue weighted by Crippen LogP contribution is 2.15. The van der Waals surface area contributed by atoms with Gasteiger partial charge in [-0.05, 0) is 12.8 Å². The second-order valence-electron chi connectivity index (χ2n) is 2.33. The lowest BCUT2D eigenvalue weighted by molar-refractivity contribution is 0.121. The summed E-state index contributed by atoms with van der Waals surface area (Å²) in [5, 5.41) is 8.41. The van der Waals surface area contributed by atoms with E-state index in [1.807, 2.05) is 0 Å². The summed E-state index contributed by atoms with van der Waals surface area (Å²) in [4.78, 5) is 0. The zero-order chi connectivity index (χ0) is 5.98. The molecule has 0 amide bonds. The van der Waals surface area contributed by atoms with E-state index in [-0.39, 0.29) is 36.9 Å². The third-order valence-corrected chi connectivity index (χ3v) is 1.74. The van der Waals surface area contributed by atoms with E-state index in [2.05, 4.69) is 5.48 Å². The molecule has 0 spiro atoms. The molecule has 1 aliphatic carbocycles. The van der Waals surface area contributed by atoms with Gasteiger partial charge in [0, 0.05) is 12.1 Å². The number of halogens is 2. The molecule has 1 rings (SSSR count). The molecule has 64 valence electrons. The highest BCUT2D eigenvalue weighted by Gasteiger charge is 2.22. The SMILES string of the molecule is Cl.Cl.NC1CCCC1NO.